The van der Waals surface area contributed by atoms with Crippen LogP contribution in [0.5, 0.6) is 0 Å². The zero-order valence-corrected chi connectivity index (χ0v) is 10.5. The number of aromatic nitrogens is 2. The molecule has 0 radical (unpaired) electrons. The Balaban J connectivity index is 2.41. The molecule has 1 N–H and O–H groups in total. The molecule has 3 heteroatoms. The van der Waals surface area contributed by atoms with Gasteiger partial charge in [-0.25, -0.2) is 9.97 Å². The Bertz CT molecular complexity index is 503. The molecule has 0 aliphatic carbocycles. The highest BCUT2D eigenvalue weighted by Gasteiger charge is 2.03. The summed E-state index contributed by atoms with van der Waals surface area (Å²) in [6.07, 6.45) is 1.06. The number of rotatable bonds is 3. The normalized spacial score (nSPS) is 10.3. The fourth-order valence-corrected chi connectivity index (χ4v) is 1.74. The summed E-state index contributed by atoms with van der Waals surface area (Å²) in [5.74, 6) is 0.666. The zero-order valence-electron chi connectivity index (χ0n) is 10.5. The van der Waals surface area contributed by atoms with Crippen molar-refractivity contribution in [3.05, 3.63) is 41.6 Å². The molecular formula is C14H17N3. The Hall–Kier alpha value is -1.90. The summed E-state index contributed by atoms with van der Waals surface area (Å²) in [4.78, 5) is 8.74. The fourth-order valence-electron chi connectivity index (χ4n) is 1.74. The highest BCUT2D eigenvalue weighted by atomic mass is 15.1. The van der Waals surface area contributed by atoms with Gasteiger partial charge in [0.2, 0.25) is 5.95 Å². The lowest BCUT2D eigenvalue weighted by molar-refractivity contribution is 1.10. The lowest BCUT2D eigenvalue weighted by atomic mass is 10.1. The SMILES string of the molecule is CCc1ccc(-c2cc(C)nc(NC)n2)cc1. The molecule has 0 fully saturated rings. The molecule has 1 aromatic carbocycles. The summed E-state index contributed by atoms with van der Waals surface area (Å²) in [5, 5.41) is 2.98. The van der Waals surface area contributed by atoms with Crippen LogP contribution >= 0.6 is 0 Å². The van der Waals surface area contributed by atoms with Crippen LogP contribution in [0.25, 0.3) is 11.3 Å². The van der Waals surface area contributed by atoms with Gasteiger partial charge >= 0.3 is 0 Å². The quantitative estimate of drug-likeness (QED) is 0.875. The number of anilines is 1. The fraction of sp³-hybridized carbons (Fsp3) is 0.286. The van der Waals surface area contributed by atoms with Gasteiger partial charge in [-0.1, -0.05) is 31.2 Å². The van der Waals surface area contributed by atoms with Crippen molar-refractivity contribution in [2.24, 2.45) is 0 Å². The highest BCUT2D eigenvalue weighted by molar-refractivity contribution is 5.61. The second kappa shape index (κ2) is 4.95. The molecule has 17 heavy (non-hydrogen) atoms. The summed E-state index contributed by atoms with van der Waals surface area (Å²) in [6.45, 7) is 4.13. The van der Waals surface area contributed by atoms with Gasteiger partial charge in [-0.3, -0.25) is 0 Å². The van der Waals surface area contributed by atoms with Crippen LogP contribution in [-0.4, -0.2) is 17.0 Å². The van der Waals surface area contributed by atoms with Gasteiger partial charge in [0.1, 0.15) is 0 Å². The third-order valence-electron chi connectivity index (χ3n) is 2.74. The van der Waals surface area contributed by atoms with Gasteiger partial charge in [0.15, 0.2) is 0 Å². The van der Waals surface area contributed by atoms with E-state index in [1.54, 1.807) is 0 Å². The Morgan fingerprint density at radius 2 is 1.82 bits per heavy atom. The third kappa shape index (κ3) is 2.61. The van der Waals surface area contributed by atoms with Crippen LogP contribution in [0.2, 0.25) is 0 Å². The Labute approximate surface area is 102 Å². The van der Waals surface area contributed by atoms with E-state index in [0.29, 0.717) is 5.95 Å². The van der Waals surface area contributed by atoms with Crippen LogP contribution in [0.15, 0.2) is 30.3 Å². The Morgan fingerprint density at radius 3 is 2.41 bits per heavy atom. The highest BCUT2D eigenvalue weighted by Crippen LogP contribution is 2.19. The molecule has 0 spiro atoms. The van der Waals surface area contributed by atoms with Gasteiger partial charge in [-0.05, 0) is 25.0 Å². The molecule has 0 aliphatic rings. The summed E-state index contributed by atoms with van der Waals surface area (Å²) in [6, 6.07) is 10.5. The molecule has 0 saturated carbocycles. The van der Waals surface area contributed by atoms with Gasteiger partial charge in [-0.2, -0.15) is 0 Å². The second-order valence-electron chi connectivity index (χ2n) is 4.02. The first-order valence-corrected chi connectivity index (χ1v) is 5.85. The molecule has 0 saturated heterocycles. The maximum Gasteiger partial charge on any atom is 0.223 e. The third-order valence-corrected chi connectivity index (χ3v) is 2.74. The standard InChI is InChI=1S/C14H17N3/c1-4-11-5-7-12(8-6-11)13-9-10(2)16-14(15-3)17-13/h5-9H,4H2,1-3H3,(H,15,16,17). The topological polar surface area (TPSA) is 37.8 Å². The summed E-state index contributed by atoms with van der Waals surface area (Å²) < 4.78 is 0. The number of benzene rings is 1. The van der Waals surface area contributed by atoms with Crippen LogP contribution in [0.4, 0.5) is 5.95 Å². The smallest absolute Gasteiger partial charge is 0.223 e. The van der Waals surface area contributed by atoms with E-state index in [2.05, 4.69) is 46.5 Å². The number of nitrogens with zero attached hydrogens (tertiary/aromatic N) is 2. The van der Waals surface area contributed by atoms with E-state index in [0.717, 1.165) is 23.4 Å². The van der Waals surface area contributed by atoms with Crippen LogP contribution < -0.4 is 5.32 Å². The molecule has 0 atom stereocenters. The van der Waals surface area contributed by atoms with Crippen LogP contribution in [0, 0.1) is 6.92 Å². The molecule has 0 aliphatic heterocycles. The minimum atomic E-state index is 0.666. The van der Waals surface area contributed by atoms with E-state index in [1.165, 1.54) is 5.56 Å². The van der Waals surface area contributed by atoms with Crippen molar-refractivity contribution < 1.29 is 0 Å². The molecule has 0 amide bonds. The minimum absolute atomic E-state index is 0.666. The molecule has 1 aromatic heterocycles. The second-order valence-corrected chi connectivity index (χ2v) is 4.02. The average Bonchev–Trinajstić information content (AvgIpc) is 2.38. The van der Waals surface area contributed by atoms with E-state index in [4.69, 9.17) is 0 Å². The van der Waals surface area contributed by atoms with Crippen molar-refractivity contribution in [2.75, 3.05) is 12.4 Å². The summed E-state index contributed by atoms with van der Waals surface area (Å²) >= 11 is 0. The van der Waals surface area contributed by atoms with E-state index in [-0.39, 0.29) is 0 Å². The van der Waals surface area contributed by atoms with E-state index in [9.17, 15) is 0 Å². The predicted molar refractivity (Wildman–Crippen MR) is 71.1 cm³/mol. The van der Waals surface area contributed by atoms with Gasteiger partial charge < -0.3 is 5.32 Å². The molecule has 2 aromatic rings. The maximum absolute atomic E-state index is 4.46. The maximum atomic E-state index is 4.46. The van der Waals surface area contributed by atoms with Crippen molar-refractivity contribution in [1.82, 2.24) is 9.97 Å². The lowest BCUT2D eigenvalue weighted by Gasteiger charge is -2.06. The van der Waals surface area contributed by atoms with Crippen molar-refractivity contribution in [3.63, 3.8) is 0 Å². The van der Waals surface area contributed by atoms with Crippen molar-refractivity contribution in [3.8, 4) is 11.3 Å². The van der Waals surface area contributed by atoms with Gasteiger partial charge in [-0.15, -0.1) is 0 Å². The Kier molecular flexibility index (Phi) is 3.38. The van der Waals surface area contributed by atoms with Gasteiger partial charge in [0.05, 0.1) is 5.69 Å². The summed E-state index contributed by atoms with van der Waals surface area (Å²) in [7, 11) is 1.83. The van der Waals surface area contributed by atoms with Gasteiger partial charge in [0, 0.05) is 18.3 Å². The number of hydrogen-bond acceptors (Lipinski definition) is 3. The molecule has 1 heterocycles. The molecular weight excluding hydrogens is 210 g/mol. The minimum Gasteiger partial charge on any atom is -0.357 e. The molecule has 2 rings (SSSR count). The van der Waals surface area contributed by atoms with Crippen LogP contribution in [0.3, 0.4) is 0 Å². The Morgan fingerprint density at radius 1 is 1.12 bits per heavy atom. The van der Waals surface area contributed by atoms with Crippen molar-refractivity contribution in [2.45, 2.75) is 20.3 Å². The van der Waals surface area contributed by atoms with E-state index >= 15 is 0 Å². The summed E-state index contributed by atoms with van der Waals surface area (Å²) in [5.41, 5.74) is 4.40. The van der Waals surface area contributed by atoms with Crippen LogP contribution in [-0.2, 0) is 6.42 Å². The van der Waals surface area contributed by atoms with Crippen LogP contribution in [0.1, 0.15) is 18.2 Å². The molecule has 88 valence electrons. The monoisotopic (exact) mass is 227 g/mol. The molecule has 0 unspecified atom stereocenters. The lowest BCUT2D eigenvalue weighted by Crippen LogP contribution is -1.99. The average molecular weight is 227 g/mol. The van der Waals surface area contributed by atoms with E-state index < -0.39 is 0 Å². The first-order valence-electron chi connectivity index (χ1n) is 5.85. The number of nitrogens with one attached hydrogen (secondary N) is 1. The molecule has 0 bridgehead atoms. The largest absolute Gasteiger partial charge is 0.357 e. The first-order chi connectivity index (χ1) is 8.22. The predicted octanol–water partition coefficient (Wildman–Crippen LogP) is 3.06. The molecule has 3 nitrogen and oxygen atoms in total. The van der Waals surface area contributed by atoms with Gasteiger partial charge in [0.25, 0.3) is 0 Å². The van der Waals surface area contributed by atoms with Crippen molar-refractivity contribution in [1.29, 1.82) is 0 Å². The number of hydrogen-bond donors (Lipinski definition) is 1. The van der Waals surface area contributed by atoms with E-state index in [1.807, 2.05) is 20.0 Å². The van der Waals surface area contributed by atoms with Crippen molar-refractivity contribution >= 4 is 5.95 Å². The first kappa shape index (κ1) is 11.6. The zero-order chi connectivity index (χ0) is 12.3. The number of aryl methyl sites for hydroxylation is 2.